The first kappa shape index (κ1) is 21.5. The number of benzene rings is 1. The number of aliphatic hydroxyl groups is 1. The summed E-state index contributed by atoms with van der Waals surface area (Å²) < 4.78 is 22.2. The number of esters is 2. The Morgan fingerprint density at radius 1 is 1.13 bits per heavy atom. The fourth-order valence-corrected chi connectivity index (χ4v) is 5.51. The monoisotopic (exact) mass is 433 g/mol. The third kappa shape index (κ3) is 3.14. The fraction of sp³-hybridized carbons (Fsp3) is 0.545. The van der Waals surface area contributed by atoms with Gasteiger partial charge < -0.3 is 34.5 Å². The number of fused-ring (bicyclic) bond motifs is 1. The van der Waals surface area contributed by atoms with Crippen LogP contribution in [0.5, 0.6) is 11.5 Å². The normalized spacial score (nSPS) is 31.3. The van der Waals surface area contributed by atoms with Crippen LogP contribution in [-0.2, 0) is 29.2 Å². The lowest BCUT2D eigenvalue weighted by Gasteiger charge is -2.55. The van der Waals surface area contributed by atoms with Gasteiger partial charge in [0.25, 0.3) is 0 Å². The summed E-state index contributed by atoms with van der Waals surface area (Å²) in [5.41, 5.74) is 0.993. The number of nitrogens with one attached hydrogen (secondary N) is 1. The Morgan fingerprint density at radius 2 is 1.84 bits per heavy atom. The Hall–Kier alpha value is -2.78. The maximum absolute atomic E-state index is 11.9. The molecular weight excluding hydrogens is 406 g/mol. The molecule has 9 heteroatoms. The van der Waals surface area contributed by atoms with Gasteiger partial charge in [0.15, 0.2) is 17.6 Å². The second kappa shape index (κ2) is 7.72. The molecule has 1 heterocycles. The van der Waals surface area contributed by atoms with E-state index in [1.54, 1.807) is 12.1 Å². The van der Waals surface area contributed by atoms with Crippen molar-refractivity contribution in [2.45, 2.75) is 56.5 Å². The molecule has 1 aromatic rings. The molecule has 1 fully saturated rings. The molecule has 3 unspecified atom stereocenters. The fourth-order valence-electron chi connectivity index (χ4n) is 5.51. The first-order chi connectivity index (χ1) is 14.7. The molecule has 9 nitrogen and oxygen atoms in total. The number of rotatable bonds is 4. The number of ether oxygens (including phenoxy) is 4. The van der Waals surface area contributed by atoms with Crippen LogP contribution in [0.2, 0.25) is 0 Å². The van der Waals surface area contributed by atoms with Gasteiger partial charge in [-0.15, -0.1) is 0 Å². The summed E-state index contributed by atoms with van der Waals surface area (Å²) in [6.07, 6.45) is -1.95. The van der Waals surface area contributed by atoms with Crippen LogP contribution < -0.4 is 10.1 Å². The second-order valence-electron chi connectivity index (χ2n) is 8.15. The molecule has 4 rings (SSSR count). The smallest absolute Gasteiger partial charge is 0.303 e. The predicted molar refractivity (Wildman–Crippen MR) is 107 cm³/mol. The van der Waals surface area contributed by atoms with Gasteiger partial charge in [0.05, 0.1) is 26.4 Å². The van der Waals surface area contributed by atoms with E-state index < -0.39 is 41.7 Å². The highest BCUT2D eigenvalue weighted by atomic mass is 16.6. The van der Waals surface area contributed by atoms with Gasteiger partial charge in [-0.05, 0) is 24.6 Å². The van der Waals surface area contributed by atoms with E-state index in [-0.39, 0.29) is 17.9 Å². The summed E-state index contributed by atoms with van der Waals surface area (Å²) >= 11 is 0. The van der Waals surface area contributed by atoms with Crippen molar-refractivity contribution in [3.05, 3.63) is 34.6 Å². The SMILES string of the molecule is COC1=C2[C@H]3NCC[C@]2(CC(OC(C)=O)C1OC(C)=O)c1c(ccc(OC)c1O)C3O. The number of phenolic OH excluding ortho intramolecular Hbond substituents is 1. The quantitative estimate of drug-likeness (QED) is 0.601. The lowest BCUT2D eigenvalue weighted by atomic mass is 9.55. The van der Waals surface area contributed by atoms with E-state index in [9.17, 15) is 19.8 Å². The summed E-state index contributed by atoms with van der Waals surface area (Å²) in [5, 5.41) is 25.6. The van der Waals surface area contributed by atoms with Crippen LogP contribution in [0.4, 0.5) is 0 Å². The largest absolute Gasteiger partial charge is 0.504 e. The number of carbonyl (C=O) groups excluding carboxylic acids is 2. The summed E-state index contributed by atoms with van der Waals surface area (Å²) in [7, 11) is 2.91. The highest BCUT2D eigenvalue weighted by Crippen LogP contribution is 2.60. The number of aromatic hydroxyl groups is 1. The molecule has 0 amide bonds. The standard InChI is InChI=1S/C22H27NO8/c1-10(24)30-14-9-22-7-8-23-17(16(22)21(29-4)20(14)31-11(2)25)18(26)12-5-6-13(28-3)19(27)15(12)22/h5-6,14,17-18,20,23,26-27H,7-9H2,1-4H3/t14?,17-,18?,20?,22+/m1/s1. The van der Waals surface area contributed by atoms with Gasteiger partial charge in [-0.3, -0.25) is 9.59 Å². The molecular formula is C22H27NO8. The van der Waals surface area contributed by atoms with Crippen LogP contribution in [0.3, 0.4) is 0 Å². The maximum atomic E-state index is 11.9. The van der Waals surface area contributed by atoms with Gasteiger partial charge in [0.2, 0.25) is 0 Å². The van der Waals surface area contributed by atoms with Crippen molar-refractivity contribution in [2.75, 3.05) is 20.8 Å². The van der Waals surface area contributed by atoms with Crippen molar-refractivity contribution in [1.29, 1.82) is 0 Å². The number of methoxy groups -OCH3 is 2. The molecule has 1 aliphatic heterocycles. The molecule has 1 saturated heterocycles. The Balaban J connectivity index is 2.02. The molecule has 1 aromatic carbocycles. The third-order valence-electron chi connectivity index (χ3n) is 6.49. The number of aliphatic hydroxyl groups excluding tert-OH is 1. The average molecular weight is 433 g/mol. The summed E-state index contributed by atoms with van der Waals surface area (Å²) in [5.74, 6) is -0.542. The summed E-state index contributed by atoms with van der Waals surface area (Å²) in [6.45, 7) is 3.12. The number of piperidine rings is 1. The minimum atomic E-state index is -0.969. The Morgan fingerprint density at radius 3 is 2.45 bits per heavy atom. The second-order valence-corrected chi connectivity index (χ2v) is 8.15. The molecule has 0 aromatic heterocycles. The van der Waals surface area contributed by atoms with Crippen LogP contribution in [0.25, 0.3) is 0 Å². The molecule has 3 N–H and O–H groups in total. The topological polar surface area (TPSA) is 124 Å². The van der Waals surface area contributed by atoms with Crippen LogP contribution >= 0.6 is 0 Å². The van der Waals surface area contributed by atoms with Crippen molar-refractivity contribution in [1.82, 2.24) is 5.32 Å². The van der Waals surface area contributed by atoms with E-state index in [4.69, 9.17) is 18.9 Å². The van der Waals surface area contributed by atoms with Crippen LogP contribution in [-0.4, -0.2) is 61.2 Å². The lowest BCUT2D eigenvalue weighted by molar-refractivity contribution is -0.169. The van der Waals surface area contributed by atoms with Crippen molar-refractivity contribution in [2.24, 2.45) is 0 Å². The van der Waals surface area contributed by atoms with Crippen molar-refractivity contribution >= 4 is 11.9 Å². The molecule has 0 spiro atoms. The zero-order chi connectivity index (χ0) is 22.5. The number of phenols is 1. The lowest BCUT2D eigenvalue weighted by Crippen LogP contribution is -2.61. The van der Waals surface area contributed by atoms with E-state index in [1.807, 2.05) is 0 Å². The molecule has 168 valence electrons. The van der Waals surface area contributed by atoms with Crippen LogP contribution in [0.15, 0.2) is 23.5 Å². The Labute approximate surface area is 179 Å². The molecule has 0 radical (unpaired) electrons. The van der Waals surface area contributed by atoms with Gasteiger partial charge in [0.1, 0.15) is 11.9 Å². The number of carbonyl (C=O) groups is 2. The zero-order valence-electron chi connectivity index (χ0n) is 17.9. The van der Waals surface area contributed by atoms with Crippen molar-refractivity contribution in [3.8, 4) is 11.5 Å². The van der Waals surface area contributed by atoms with Gasteiger partial charge >= 0.3 is 11.9 Å². The van der Waals surface area contributed by atoms with Crippen LogP contribution in [0.1, 0.15) is 43.9 Å². The van der Waals surface area contributed by atoms with E-state index in [0.717, 1.165) is 0 Å². The van der Waals surface area contributed by atoms with Gasteiger partial charge in [-0.1, -0.05) is 6.07 Å². The zero-order valence-corrected chi connectivity index (χ0v) is 17.9. The number of hydrogen-bond donors (Lipinski definition) is 3. The van der Waals surface area contributed by atoms with E-state index in [2.05, 4.69) is 5.32 Å². The van der Waals surface area contributed by atoms with Crippen LogP contribution in [0, 0.1) is 0 Å². The minimum absolute atomic E-state index is 0.0696. The van der Waals surface area contributed by atoms with E-state index in [0.29, 0.717) is 35.4 Å². The average Bonchev–Trinajstić information content (AvgIpc) is 2.71. The van der Waals surface area contributed by atoms with Gasteiger partial charge in [-0.2, -0.15) is 0 Å². The van der Waals surface area contributed by atoms with E-state index >= 15 is 0 Å². The molecule has 3 aliphatic rings. The minimum Gasteiger partial charge on any atom is -0.504 e. The van der Waals surface area contributed by atoms with Gasteiger partial charge in [0, 0.05) is 36.8 Å². The highest BCUT2D eigenvalue weighted by Gasteiger charge is 2.60. The molecule has 2 bridgehead atoms. The van der Waals surface area contributed by atoms with E-state index in [1.165, 1.54) is 28.1 Å². The first-order valence-corrected chi connectivity index (χ1v) is 10.2. The highest BCUT2D eigenvalue weighted by molar-refractivity contribution is 5.69. The summed E-state index contributed by atoms with van der Waals surface area (Å²) in [6, 6.07) is 2.84. The molecule has 5 atom stereocenters. The number of hydrogen-bond acceptors (Lipinski definition) is 9. The Kier molecular flexibility index (Phi) is 5.35. The predicted octanol–water partition coefficient (Wildman–Crippen LogP) is 1.22. The molecule has 0 saturated carbocycles. The third-order valence-corrected chi connectivity index (χ3v) is 6.49. The maximum Gasteiger partial charge on any atom is 0.303 e. The Bertz CT molecular complexity index is 957. The van der Waals surface area contributed by atoms with Crippen molar-refractivity contribution in [3.63, 3.8) is 0 Å². The van der Waals surface area contributed by atoms with Crippen molar-refractivity contribution < 1.29 is 38.7 Å². The first-order valence-electron chi connectivity index (χ1n) is 10.2. The molecule has 2 aliphatic carbocycles. The summed E-state index contributed by atoms with van der Waals surface area (Å²) in [4.78, 5) is 23.7. The molecule has 31 heavy (non-hydrogen) atoms. The van der Waals surface area contributed by atoms with Gasteiger partial charge in [-0.25, -0.2) is 0 Å².